The normalized spacial score (nSPS) is 12.1. The molecule has 0 radical (unpaired) electrons. The van der Waals surface area contributed by atoms with Gasteiger partial charge >= 0.3 is 5.97 Å². The molecule has 0 aliphatic rings. The molecule has 0 spiro atoms. The minimum atomic E-state index is -1.22. The number of nitrogens with zero attached hydrogens (tertiary/aromatic N) is 2. The molecule has 0 unspecified atom stereocenters. The van der Waals surface area contributed by atoms with Crippen LogP contribution in [0.15, 0.2) is 72.3 Å². The van der Waals surface area contributed by atoms with Gasteiger partial charge in [-0.3, -0.25) is 0 Å². The van der Waals surface area contributed by atoms with Gasteiger partial charge in [0, 0.05) is 48.9 Å². The van der Waals surface area contributed by atoms with Crippen molar-refractivity contribution in [2.45, 2.75) is 181 Å². The number of benzene rings is 4. The Labute approximate surface area is 414 Å². The summed E-state index contributed by atoms with van der Waals surface area (Å²) < 4.78 is 18.1. The lowest BCUT2D eigenvalue weighted by Crippen LogP contribution is -2.03. The van der Waals surface area contributed by atoms with Gasteiger partial charge in [0.05, 0.1) is 22.6 Å². The van der Waals surface area contributed by atoms with Crippen molar-refractivity contribution in [1.29, 1.82) is 5.26 Å². The van der Waals surface area contributed by atoms with Crippen LogP contribution in [0, 0.1) is 11.3 Å². The van der Waals surface area contributed by atoms with Gasteiger partial charge in [-0.05, 0) is 84.1 Å². The predicted molar refractivity (Wildman–Crippen MR) is 293 cm³/mol. The monoisotopic (exact) mass is 953 g/mol. The van der Waals surface area contributed by atoms with Gasteiger partial charge in [-0.25, -0.2) is 4.79 Å². The van der Waals surface area contributed by atoms with Crippen LogP contribution < -0.4 is 9.47 Å². The zero-order valence-corrected chi connectivity index (χ0v) is 43.0. The molecule has 0 saturated carbocycles. The molecule has 68 heavy (non-hydrogen) atoms. The van der Waals surface area contributed by atoms with Gasteiger partial charge in [-0.1, -0.05) is 180 Å². The Kier molecular flexibility index (Phi) is 20.1. The van der Waals surface area contributed by atoms with Crippen LogP contribution in [-0.4, -0.2) is 28.9 Å². The highest BCUT2D eigenvalue weighted by Crippen LogP contribution is 2.49. The van der Waals surface area contributed by atoms with E-state index in [4.69, 9.17) is 9.47 Å². The maximum Gasteiger partial charge on any atom is 0.346 e. The minimum absolute atomic E-state index is 0.273. The second-order valence-corrected chi connectivity index (χ2v) is 21.2. The fourth-order valence-corrected chi connectivity index (χ4v) is 12.4. The first-order valence-electron chi connectivity index (χ1n) is 26.5. The molecule has 3 aromatic heterocycles. The first-order chi connectivity index (χ1) is 33.4. The number of aryl methyl sites for hydroxylation is 1. The van der Waals surface area contributed by atoms with Crippen molar-refractivity contribution >= 4 is 87.5 Å². The fraction of sp³-hybridized carbons (Fsp3) is 0.500. The summed E-state index contributed by atoms with van der Waals surface area (Å²) in [6, 6.07) is 26.5. The SMILES string of the molecule is CCCCCCCCCCOc1cc2c(cc1OCCCCCCCCCC)c1cc(-c3ccc4c(c3)c3ccccc3n4CCCCCCCCCC)sc1c1sc(/C=C(/C#N)C(=O)O)cc21. The molecule has 0 atom stereocenters. The molecule has 0 amide bonds. The van der Waals surface area contributed by atoms with Crippen molar-refractivity contribution in [2.24, 2.45) is 0 Å². The molecule has 1 N–H and O–H groups in total. The molecule has 7 aromatic rings. The Morgan fingerprint density at radius 1 is 0.559 bits per heavy atom. The number of ether oxygens (including phenoxy) is 2. The number of carboxylic acid groups (broad SMARTS) is 1. The van der Waals surface area contributed by atoms with E-state index in [1.54, 1.807) is 22.7 Å². The van der Waals surface area contributed by atoms with Crippen LogP contribution in [0.25, 0.3) is 69.3 Å². The van der Waals surface area contributed by atoms with Crippen LogP contribution in [0.3, 0.4) is 0 Å². The van der Waals surface area contributed by atoms with Crippen LogP contribution in [-0.2, 0) is 11.3 Å². The summed E-state index contributed by atoms with van der Waals surface area (Å²) in [6.45, 7) is 9.10. The standard InChI is InChI=1S/C60H76N2O4S2/c1-4-7-10-13-16-19-22-27-34-62-53-31-26-25-30-47(53)50-38-44(32-33-54(50)62)57-42-52-49-41-56(66-36-29-24-21-18-15-12-9-6-3)55(65-35-28-23-20-17-14-11-8-5-2)40-48(49)51-39-46(37-45(43-61)60(63)64)67-58(51)59(52)68-57/h25-26,30-33,37-42H,4-24,27-29,34-36H2,1-3H3,(H,63,64)/b45-37-. The third-order valence-electron chi connectivity index (χ3n) is 13.8. The Bertz CT molecular complexity index is 2780. The van der Waals surface area contributed by atoms with E-state index in [2.05, 4.69) is 92.1 Å². The molecule has 3 heterocycles. The van der Waals surface area contributed by atoms with Crippen LogP contribution in [0.4, 0.5) is 0 Å². The van der Waals surface area contributed by atoms with Gasteiger partial charge in [-0.15, -0.1) is 22.7 Å². The van der Waals surface area contributed by atoms with Crippen LogP contribution in [0.5, 0.6) is 11.5 Å². The smallest absolute Gasteiger partial charge is 0.346 e. The van der Waals surface area contributed by atoms with Crippen molar-refractivity contribution < 1.29 is 19.4 Å². The van der Waals surface area contributed by atoms with E-state index >= 15 is 0 Å². The van der Waals surface area contributed by atoms with Crippen molar-refractivity contribution in [3.8, 4) is 28.0 Å². The molecule has 0 aliphatic heterocycles. The maximum absolute atomic E-state index is 12.0. The van der Waals surface area contributed by atoms with Crippen LogP contribution >= 0.6 is 22.7 Å². The third kappa shape index (κ3) is 13.3. The number of nitriles is 1. The molecule has 362 valence electrons. The lowest BCUT2D eigenvalue weighted by atomic mass is 10.0. The van der Waals surface area contributed by atoms with Gasteiger partial charge in [0.2, 0.25) is 0 Å². The van der Waals surface area contributed by atoms with Crippen molar-refractivity contribution in [3.63, 3.8) is 0 Å². The number of unbranched alkanes of at least 4 members (excludes halogenated alkanes) is 21. The van der Waals surface area contributed by atoms with Gasteiger partial charge in [0.25, 0.3) is 0 Å². The summed E-state index contributed by atoms with van der Waals surface area (Å²) in [7, 11) is 0. The van der Waals surface area contributed by atoms with E-state index in [1.807, 2.05) is 6.07 Å². The van der Waals surface area contributed by atoms with Crippen molar-refractivity contribution in [2.75, 3.05) is 13.2 Å². The fourth-order valence-electron chi connectivity index (χ4n) is 9.96. The molecule has 0 aliphatic carbocycles. The number of thiophene rings is 2. The lowest BCUT2D eigenvalue weighted by Gasteiger charge is -2.15. The summed E-state index contributed by atoms with van der Waals surface area (Å²) in [5, 5.41) is 26.4. The number of fused-ring (bicyclic) bond motifs is 9. The second-order valence-electron chi connectivity index (χ2n) is 19.1. The van der Waals surface area contributed by atoms with Crippen LogP contribution in [0.2, 0.25) is 0 Å². The molecule has 7 rings (SSSR count). The molecular weight excluding hydrogens is 877 g/mol. The Morgan fingerprint density at radius 3 is 1.62 bits per heavy atom. The van der Waals surface area contributed by atoms with E-state index in [9.17, 15) is 15.2 Å². The molecule has 6 nitrogen and oxygen atoms in total. The highest BCUT2D eigenvalue weighted by atomic mass is 32.1. The number of carbonyl (C=O) groups is 1. The van der Waals surface area contributed by atoms with E-state index < -0.39 is 5.97 Å². The van der Waals surface area contributed by atoms with Gasteiger partial charge in [-0.2, -0.15) is 5.26 Å². The lowest BCUT2D eigenvalue weighted by molar-refractivity contribution is -0.132. The Hall–Kier alpha value is -4.84. The highest BCUT2D eigenvalue weighted by Gasteiger charge is 2.21. The maximum atomic E-state index is 12.0. The number of hydrogen-bond donors (Lipinski definition) is 1. The molecular formula is C60H76N2O4S2. The van der Waals surface area contributed by atoms with E-state index in [-0.39, 0.29) is 5.57 Å². The van der Waals surface area contributed by atoms with E-state index in [0.29, 0.717) is 13.2 Å². The summed E-state index contributed by atoms with van der Waals surface area (Å²) in [5.41, 5.74) is 3.49. The molecule has 0 saturated heterocycles. The third-order valence-corrected chi connectivity index (χ3v) is 16.2. The Morgan fingerprint density at radius 2 is 1.06 bits per heavy atom. The molecule has 8 heteroatoms. The minimum Gasteiger partial charge on any atom is -0.490 e. The number of aliphatic carboxylic acids is 1. The molecule has 0 bridgehead atoms. The quantitative estimate of drug-likeness (QED) is 0.0258. The van der Waals surface area contributed by atoms with Crippen molar-refractivity contribution in [3.05, 3.63) is 77.2 Å². The number of aromatic nitrogens is 1. The van der Waals surface area contributed by atoms with E-state index in [0.717, 1.165) is 79.5 Å². The van der Waals surface area contributed by atoms with Gasteiger partial charge in [0.15, 0.2) is 11.5 Å². The summed E-state index contributed by atoms with van der Waals surface area (Å²) in [6.07, 6.45) is 31.7. The zero-order chi connectivity index (χ0) is 47.5. The average Bonchev–Trinajstić information content (AvgIpc) is 4.07. The summed E-state index contributed by atoms with van der Waals surface area (Å²) in [4.78, 5) is 13.9. The number of rotatable bonds is 32. The van der Waals surface area contributed by atoms with Crippen LogP contribution in [0.1, 0.15) is 180 Å². The summed E-state index contributed by atoms with van der Waals surface area (Å²) in [5.74, 6) is 0.325. The zero-order valence-electron chi connectivity index (χ0n) is 41.4. The first kappa shape index (κ1) is 51.0. The van der Waals surface area contributed by atoms with E-state index in [1.165, 1.54) is 167 Å². The topological polar surface area (TPSA) is 84.5 Å². The second kappa shape index (κ2) is 26.8. The number of para-hydroxylation sites is 1. The number of carboxylic acids is 1. The Balaban J connectivity index is 1.24. The average molecular weight is 953 g/mol. The van der Waals surface area contributed by atoms with Crippen molar-refractivity contribution in [1.82, 2.24) is 4.57 Å². The number of hydrogen-bond acceptors (Lipinski definition) is 6. The largest absolute Gasteiger partial charge is 0.490 e. The highest BCUT2D eigenvalue weighted by molar-refractivity contribution is 7.29. The molecule has 0 fully saturated rings. The molecule has 4 aromatic carbocycles. The predicted octanol–water partition coefficient (Wildman–Crippen LogP) is 19.2. The van der Waals surface area contributed by atoms with Gasteiger partial charge in [0.1, 0.15) is 11.6 Å². The first-order valence-corrected chi connectivity index (χ1v) is 28.2. The summed E-state index contributed by atoms with van der Waals surface area (Å²) >= 11 is 3.34. The van der Waals surface area contributed by atoms with Gasteiger partial charge < -0.3 is 19.1 Å².